The molecule has 1 amide bonds. The third-order valence-corrected chi connectivity index (χ3v) is 7.77. The number of likely N-dealkylation sites (tertiary alicyclic amines) is 1. The number of carbonyl (C=O) groups excluding carboxylic acids is 1. The lowest BCUT2D eigenvalue weighted by atomic mass is 9.96. The predicted octanol–water partition coefficient (Wildman–Crippen LogP) is 2.15. The number of piperidine rings is 1. The fourth-order valence-electron chi connectivity index (χ4n) is 4.48. The number of benzene rings is 2. The zero-order valence-corrected chi connectivity index (χ0v) is 19.8. The molecular formula is C25H34N4O3S. The minimum Gasteiger partial charge on any atom is -0.337 e. The molecule has 1 aliphatic carbocycles. The lowest BCUT2D eigenvalue weighted by Gasteiger charge is -2.32. The van der Waals surface area contributed by atoms with Gasteiger partial charge in [-0.1, -0.05) is 48.5 Å². The van der Waals surface area contributed by atoms with Crippen molar-refractivity contribution in [3.8, 4) is 0 Å². The fraction of sp³-hybridized carbons (Fsp3) is 0.480. The van der Waals surface area contributed by atoms with Crippen LogP contribution in [0.5, 0.6) is 0 Å². The first-order chi connectivity index (χ1) is 16.0. The van der Waals surface area contributed by atoms with Gasteiger partial charge in [-0.2, -0.15) is 0 Å². The highest BCUT2D eigenvalue weighted by Crippen LogP contribution is 2.40. The van der Waals surface area contributed by atoms with Crippen molar-refractivity contribution in [2.24, 2.45) is 5.92 Å². The van der Waals surface area contributed by atoms with Gasteiger partial charge >= 0.3 is 0 Å². The molecule has 0 bridgehead atoms. The van der Waals surface area contributed by atoms with Crippen LogP contribution in [0.25, 0.3) is 0 Å². The van der Waals surface area contributed by atoms with Crippen LogP contribution in [0.1, 0.15) is 41.1 Å². The van der Waals surface area contributed by atoms with Crippen molar-refractivity contribution in [2.45, 2.75) is 31.2 Å². The number of hydrogen-bond donors (Lipinski definition) is 3. The zero-order chi connectivity index (χ0) is 23.1. The second kappa shape index (κ2) is 11.2. The highest BCUT2D eigenvalue weighted by Gasteiger charge is 2.38. The smallest absolute Gasteiger partial charge is 0.252 e. The Bertz CT molecular complexity index is 993. The molecule has 4 rings (SSSR count). The van der Waals surface area contributed by atoms with Crippen molar-refractivity contribution in [1.29, 1.82) is 0 Å². The van der Waals surface area contributed by atoms with Crippen molar-refractivity contribution < 1.29 is 13.2 Å². The van der Waals surface area contributed by atoms with Crippen molar-refractivity contribution in [2.75, 3.05) is 38.6 Å². The van der Waals surface area contributed by atoms with Crippen LogP contribution in [0.3, 0.4) is 0 Å². The average molecular weight is 471 g/mol. The molecule has 1 saturated carbocycles. The molecule has 2 atom stereocenters. The van der Waals surface area contributed by atoms with Crippen molar-refractivity contribution in [1.82, 2.24) is 20.3 Å². The number of carbonyl (C=O) groups is 1. The summed E-state index contributed by atoms with van der Waals surface area (Å²) < 4.78 is 27.0. The number of nitrogens with one attached hydrogen (secondary N) is 3. The van der Waals surface area contributed by atoms with E-state index in [1.54, 1.807) is 24.3 Å². The van der Waals surface area contributed by atoms with Crippen molar-refractivity contribution >= 4 is 15.9 Å². The maximum absolute atomic E-state index is 12.2. The van der Waals surface area contributed by atoms with Crippen LogP contribution in [-0.2, 0) is 10.0 Å². The molecule has 2 aliphatic rings. The fourth-order valence-corrected chi connectivity index (χ4v) is 5.31. The molecular weight excluding hydrogens is 436 g/mol. The van der Waals surface area contributed by atoms with Crippen LogP contribution in [0, 0.1) is 5.92 Å². The summed E-state index contributed by atoms with van der Waals surface area (Å²) in [4.78, 5) is 14.3. The molecule has 2 unspecified atom stereocenters. The lowest BCUT2D eigenvalue weighted by molar-refractivity contribution is 0.0959. The van der Waals surface area contributed by atoms with E-state index in [1.807, 2.05) is 6.07 Å². The Morgan fingerprint density at radius 1 is 0.970 bits per heavy atom. The summed E-state index contributed by atoms with van der Waals surface area (Å²) in [6, 6.07) is 19.9. The van der Waals surface area contributed by atoms with Gasteiger partial charge in [0.2, 0.25) is 10.0 Å². The highest BCUT2D eigenvalue weighted by molar-refractivity contribution is 7.89. The van der Waals surface area contributed by atoms with E-state index in [1.165, 1.54) is 12.0 Å². The topological polar surface area (TPSA) is 90.5 Å². The molecule has 1 aliphatic heterocycles. The Labute approximate surface area is 197 Å². The van der Waals surface area contributed by atoms with E-state index in [9.17, 15) is 13.2 Å². The molecule has 0 radical (unpaired) electrons. The summed E-state index contributed by atoms with van der Waals surface area (Å²) in [6.45, 7) is 4.09. The minimum atomic E-state index is -3.55. The van der Waals surface area contributed by atoms with Gasteiger partial charge in [0, 0.05) is 30.6 Å². The second-order valence-electron chi connectivity index (χ2n) is 9.08. The first kappa shape index (κ1) is 23.9. The molecule has 2 aromatic carbocycles. The normalized spacial score (nSPS) is 21.6. The number of amides is 1. The quantitative estimate of drug-likeness (QED) is 0.468. The van der Waals surface area contributed by atoms with Crippen LogP contribution < -0.4 is 15.4 Å². The third-order valence-electron chi connectivity index (χ3n) is 6.60. The van der Waals surface area contributed by atoms with E-state index >= 15 is 0 Å². The molecule has 8 heteroatoms. The van der Waals surface area contributed by atoms with Gasteiger partial charge in [-0.15, -0.1) is 0 Å². The summed E-state index contributed by atoms with van der Waals surface area (Å²) in [5.41, 5.74) is 1.88. The number of nitrogens with zero attached hydrogens (tertiary/aromatic N) is 1. The van der Waals surface area contributed by atoms with Gasteiger partial charge in [-0.25, -0.2) is 13.1 Å². The number of sulfonamides is 1. The van der Waals surface area contributed by atoms with Gasteiger partial charge < -0.3 is 15.5 Å². The monoisotopic (exact) mass is 470 g/mol. The molecule has 7 nitrogen and oxygen atoms in total. The van der Waals surface area contributed by atoms with Gasteiger partial charge in [0.25, 0.3) is 5.91 Å². The van der Waals surface area contributed by atoms with Crippen LogP contribution in [-0.4, -0.2) is 63.9 Å². The van der Waals surface area contributed by atoms with Gasteiger partial charge in [-0.05, 0) is 62.5 Å². The van der Waals surface area contributed by atoms with Crippen LogP contribution in [0.2, 0.25) is 0 Å². The van der Waals surface area contributed by atoms with Crippen molar-refractivity contribution in [3.05, 3.63) is 71.8 Å². The molecule has 2 fully saturated rings. The number of hydrogen-bond acceptors (Lipinski definition) is 5. The van der Waals surface area contributed by atoms with Gasteiger partial charge in [0.15, 0.2) is 0 Å². The van der Waals surface area contributed by atoms with E-state index in [0.717, 1.165) is 32.5 Å². The SMILES string of the molecule is O=C(NCS(=O)(=O)NCCN1CCC(CNC2CC2c2ccccc2)CC1)c1ccccc1. The molecule has 3 N–H and O–H groups in total. The molecule has 1 saturated heterocycles. The van der Waals surface area contributed by atoms with Gasteiger partial charge in [0.05, 0.1) is 0 Å². The third kappa shape index (κ3) is 7.37. The largest absolute Gasteiger partial charge is 0.337 e. The summed E-state index contributed by atoms with van der Waals surface area (Å²) in [5.74, 6) is 0.539. The molecule has 2 aromatic rings. The first-order valence-corrected chi connectivity index (χ1v) is 13.5. The second-order valence-corrected chi connectivity index (χ2v) is 10.9. The van der Waals surface area contributed by atoms with E-state index in [2.05, 4.69) is 50.6 Å². The molecule has 1 heterocycles. The summed E-state index contributed by atoms with van der Waals surface area (Å²) in [5, 5.41) is 6.21. The Morgan fingerprint density at radius 2 is 1.64 bits per heavy atom. The van der Waals surface area contributed by atoms with Gasteiger partial charge in [0.1, 0.15) is 5.88 Å². The average Bonchev–Trinajstić information content (AvgIpc) is 3.63. The maximum Gasteiger partial charge on any atom is 0.252 e. The summed E-state index contributed by atoms with van der Waals surface area (Å²) in [7, 11) is -3.55. The molecule has 33 heavy (non-hydrogen) atoms. The Morgan fingerprint density at radius 3 is 2.33 bits per heavy atom. The van der Waals surface area contributed by atoms with E-state index in [-0.39, 0.29) is 0 Å². The van der Waals surface area contributed by atoms with Crippen LogP contribution in [0.4, 0.5) is 0 Å². The van der Waals surface area contributed by atoms with E-state index in [0.29, 0.717) is 36.5 Å². The van der Waals surface area contributed by atoms with E-state index < -0.39 is 21.8 Å². The Hall–Kier alpha value is -2.26. The van der Waals surface area contributed by atoms with Crippen LogP contribution >= 0.6 is 0 Å². The summed E-state index contributed by atoms with van der Waals surface area (Å²) in [6.07, 6.45) is 3.50. The Balaban J connectivity index is 1.07. The summed E-state index contributed by atoms with van der Waals surface area (Å²) >= 11 is 0. The minimum absolute atomic E-state index is 0.354. The van der Waals surface area contributed by atoms with Crippen LogP contribution in [0.15, 0.2) is 60.7 Å². The molecule has 0 aromatic heterocycles. The maximum atomic E-state index is 12.2. The van der Waals surface area contributed by atoms with Gasteiger partial charge in [-0.3, -0.25) is 4.79 Å². The standard InChI is InChI=1S/C25H34N4O3S/c30-25(22-9-5-2-6-10-22)27-19-33(31,32)28-13-16-29-14-11-20(12-15-29)18-26-24-17-23(24)21-7-3-1-4-8-21/h1-10,20,23-24,26,28H,11-19H2,(H,27,30). The predicted molar refractivity (Wildman–Crippen MR) is 130 cm³/mol. The molecule has 178 valence electrons. The zero-order valence-electron chi connectivity index (χ0n) is 18.9. The van der Waals surface area contributed by atoms with Crippen molar-refractivity contribution in [3.63, 3.8) is 0 Å². The Kier molecular flexibility index (Phi) is 8.14. The highest BCUT2D eigenvalue weighted by atomic mass is 32.2. The first-order valence-electron chi connectivity index (χ1n) is 11.8. The lowest BCUT2D eigenvalue weighted by Crippen LogP contribution is -2.43. The molecule has 0 spiro atoms. The van der Waals surface area contributed by atoms with E-state index in [4.69, 9.17) is 0 Å². The number of rotatable bonds is 11.